The zero-order valence-corrected chi connectivity index (χ0v) is 24.3. The number of hydrogen-bond donors (Lipinski definition) is 0. The Bertz CT molecular complexity index is 2360. The van der Waals surface area contributed by atoms with E-state index in [0.717, 1.165) is 25.9 Å². The first-order chi connectivity index (χ1) is 21.2. The van der Waals surface area contributed by atoms with Crippen LogP contribution in [0.1, 0.15) is 34.7 Å². The molecule has 0 saturated heterocycles. The van der Waals surface area contributed by atoms with Gasteiger partial charge in [0.1, 0.15) is 0 Å². The highest BCUT2D eigenvalue weighted by Crippen LogP contribution is 2.38. The maximum absolute atomic E-state index is 2.50. The Morgan fingerprint density at radius 1 is 0.465 bits per heavy atom. The van der Waals surface area contributed by atoms with Crippen LogP contribution in [0.15, 0.2) is 127 Å². The molecule has 0 atom stereocenters. The average Bonchev–Trinajstić information content (AvgIpc) is 3.68. The smallest absolute Gasteiger partial charge is 0.0494 e. The summed E-state index contributed by atoms with van der Waals surface area (Å²) < 4.78 is 4.93. The lowest BCUT2D eigenvalue weighted by Crippen LogP contribution is -2.00. The van der Waals surface area contributed by atoms with Gasteiger partial charge in [-0.15, -0.1) is 0 Å². The number of rotatable bonds is 5. The van der Waals surface area contributed by atoms with Gasteiger partial charge in [0, 0.05) is 56.7 Å². The molecule has 0 spiro atoms. The van der Waals surface area contributed by atoms with Gasteiger partial charge in [0.15, 0.2) is 0 Å². The minimum atomic E-state index is 0.858. The zero-order chi connectivity index (χ0) is 28.5. The summed E-state index contributed by atoms with van der Waals surface area (Å²) in [7, 11) is 0. The third-order valence-corrected chi connectivity index (χ3v) is 9.60. The van der Waals surface area contributed by atoms with Crippen molar-refractivity contribution in [2.75, 3.05) is 0 Å². The molecule has 8 aromatic rings. The molecule has 1 aliphatic rings. The minimum Gasteiger partial charge on any atom is -0.341 e. The maximum atomic E-state index is 2.50. The molecule has 0 saturated carbocycles. The van der Waals surface area contributed by atoms with Gasteiger partial charge < -0.3 is 9.13 Å². The lowest BCUT2D eigenvalue weighted by atomic mass is 10.0. The number of para-hydroxylation sites is 2. The Morgan fingerprint density at radius 3 is 1.74 bits per heavy atom. The van der Waals surface area contributed by atoms with Crippen LogP contribution in [0.4, 0.5) is 0 Å². The van der Waals surface area contributed by atoms with E-state index >= 15 is 0 Å². The first-order valence-electron chi connectivity index (χ1n) is 15.4. The quantitative estimate of drug-likeness (QED) is 0.201. The van der Waals surface area contributed by atoms with Crippen LogP contribution >= 0.6 is 0 Å². The molecule has 43 heavy (non-hydrogen) atoms. The molecule has 1 aliphatic carbocycles. The van der Waals surface area contributed by atoms with E-state index in [4.69, 9.17) is 0 Å². The van der Waals surface area contributed by atoms with Crippen molar-refractivity contribution in [3.63, 3.8) is 0 Å². The molecular formula is C41H32N2. The van der Waals surface area contributed by atoms with Gasteiger partial charge in [0.05, 0.1) is 0 Å². The van der Waals surface area contributed by atoms with Crippen molar-refractivity contribution in [2.45, 2.75) is 32.9 Å². The van der Waals surface area contributed by atoms with Crippen molar-refractivity contribution in [1.29, 1.82) is 0 Å². The van der Waals surface area contributed by atoms with Gasteiger partial charge in [0.25, 0.3) is 0 Å². The average molecular weight is 553 g/mol. The summed E-state index contributed by atoms with van der Waals surface area (Å²) in [4.78, 5) is 0. The topological polar surface area (TPSA) is 9.86 Å². The largest absolute Gasteiger partial charge is 0.341 e. The monoisotopic (exact) mass is 552 g/mol. The van der Waals surface area contributed by atoms with Gasteiger partial charge in [-0.25, -0.2) is 0 Å². The van der Waals surface area contributed by atoms with E-state index in [1.807, 2.05) is 0 Å². The van der Waals surface area contributed by atoms with Gasteiger partial charge >= 0.3 is 0 Å². The molecule has 0 bridgehead atoms. The molecule has 0 aliphatic heterocycles. The number of aromatic nitrogens is 2. The number of nitrogens with zero attached hydrogens (tertiary/aromatic N) is 2. The van der Waals surface area contributed by atoms with E-state index in [9.17, 15) is 0 Å². The molecule has 0 N–H and O–H groups in total. The summed E-state index contributed by atoms with van der Waals surface area (Å²) in [5.41, 5.74) is 15.0. The lowest BCUT2D eigenvalue weighted by molar-refractivity contribution is 0.827. The van der Waals surface area contributed by atoms with Gasteiger partial charge in [-0.05, 0) is 101 Å². The molecule has 0 fully saturated rings. The van der Waals surface area contributed by atoms with Crippen LogP contribution in [-0.2, 0) is 25.9 Å². The van der Waals surface area contributed by atoms with Gasteiger partial charge in [-0.1, -0.05) is 84.9 Å². The minimum absolute atomic E-state index is 0.858. The predicted octanol–water partition coefficient (Wildman–Crippen LogP) is 10.1. The molecule has 2 aromatic heterocycles. The highest BCUT2D eigenvalue weighted by Gasteiger charge is 2.19. The second-order valence-electron chi connectivity index (χ2n) is 12.1. The normalized spacial score (nSPS) is 12.5. The van der Waals surface area contributed by atoms with E-state index < -0.39 is 0 Å². The fourth-order valence-corrected chi connectivity index (χ4v) is 7.62. The summed E-state index contributed by atoms with van der Waals surface area (Å²) in [6, 6.07) is 47.7. The molecule has 2 nitrogen and oxygen atoms in total. The van der Waals surface area contributed by atoms with Crippen LogP contribution in [0.5, 0.6) is 0 Å². The number of aryl methyl sites for hydroxylation is 1. The first-order valence-corrected chi connectivity index (χ1v) is 15.4. The Kier molecular flexibility index (Phi) is 5.40. The fourth-order valence-electron chi connectivity index (χ4n) is 7.62. The second-order valence-corrected chi connectivity index (χ2v) is 12.1. The zero-order valence-electron chi connectivity index (χ0n) is 24.3. The van der Waals surface area contributed by atoms with Crippen LogP contribution in [0.25, 0.3) is 54.7 Å². The van der Waals surface area contributed by atoms with Gasteiger partial charge in [-0.2, -0.15) is 0 Å². The molecular weight excluding hydrogens is 520 g/mol. The maximum Gasteiger partial charge on any atom is 0.0494 e. The summed E-state index contributed by atoms with van der Waals surface area (Å²) in [5.74, 6) is 0. The predicted molar refractivity (Wildman–Crippen MR) is 181 cm³/mol. The summed E-state index contributed by atoms with van der Waals surface area (Å²) in [6.45, 7) is 4.06. The SMILES string of the molecule is CCn1c2ccccc2c2cc(Cc3ccc4c(c3)c3ccccc3n4Cc3ccc4c(c3)-c3ccccc3C4)ccc21. The van der Waals surface area contributed by atoms with E-state index in [1.165, 1.54) is 82.6 Å². The van der Waals surface area contributed by atoms with Gasteiger partial charge in [-0.3, -0.25) is 0 Å². The van der Waals surface area contributed by atoms with Crippen LogP contribution in [0.2, 0.25) is 0 Å². The number of fused-ring (bicyclic) bond motifs is 9. The Morgan fingerprint density at radius 2 is 1.02 bits per heavy atom. The number of benzene rings is 6. The highest BCUT2D eigenvalue weighted by molar-refractivity contribution is 6.09. The molecule has 0 amide bonds. The standard InChI is InChI=1S/C41H32N2/c1-2-42-38-13-7-5-11-33(38)36-22-27(16-19-40(36)42)21-28-17-20-41-37(23-28)34-12-6-8-14-39(34)43(41)26-29-15-18-31-25-30-9-3-4-10-32(30)35(31)24-29/h3-20,22-24H,2,21,25-26H2,1H3. The summed E-state index contributed by atoms with van der Waals surface area (Å²) in [5, 5.41) is 5.36. The molecule has 2 heteroatoms. The van der Waals surface area contributed by atoms with Crippen molar-refractivity contribution in [1.82, 2.24) is 9.13 Å². The Balaban J connectivity index is 1.10. The summed E-state index contributed by atoms with van der Waals surface area (Å²) in [6.07, 6.45) is 1.96. The van der Waals surface area contributed by atoms with Crippen molar-refractivity contribution < 1.29 is 0 Å². The molecule has 0 unspecified atom stereocenters. The molecule has 2 heterocycles. The molecule has 6 aromatic carbocycles. The van der Waals surface area contributed by atoms with E-state index in [2.05, 4.69) is 143 Å². The van der Waals surface area contributed by atoms with Crippen LogP contribution in [-0.4, -0.2) is 9.13 Å². The van der Waals surface area contributed by atoms with E-state index in [1.54, 1.807) is 0 Å². The molecule has 9 rings (SSSR count). The second kappa shape index (κ2) is 9.47. The lowest BCUT2D eigenvalue weighted by Gasteiger charge is -2.11. The van der Waals surface area contributed by atoms with Crippen molar-refractivity contribution >= 4 is 43.6 Å². The Labute approximate surface area is 251 Å². The van der Waals surface area contributed by atoms with E-state index in [-0.39, 0.29) is 0 Å². The Hall–Kier alpha value is -5.08. The highest BCUT2D eigenvalue weighted by atomic mass is 15.0. The first kappa shape index (κ1) is 24.5. The van der Waals surface area contributed by atoms with Crippen LogP contribution in [0, 0.1) is 0 Å². The number of hydrogen-bond acceptors (Lipinski definition) is 0. The van der Waals surface area contributed by atoms with E-state index in [0.29, 0.717) is 0 Å². The summed E-state index contributed by atoms with van der Waals surface area (Å²) >= 11 is 0. The fraction of sp³-hybridized carbons (Fsp3) is 0.122. The third-order valence-electron chi connectivity index (χ3n) is 9.60. The van der Waals surface area contributed by atoms with Crippen LogP contribution < -0.4 is 0 Å². The molecule has 0 radical (unpaired) electrons. The van der Waals surface area contributed by atoms with Crippen molar-refractivity contribution in [3.8, 4) is 11.1 Å². The van der Waals surface area contributed by atoms with Crippen molar-refractivity contribution in [3.05, 3.63) is 155 Å². The third kappa shape index (κ3) is 3.79. The van der Waals surface area contributed by atoms with Crippen molar-refractivity contribution in [2.24, 2.45) is 0 Å². The van der Waals surface area contributed by atoms with Crippen LogP contribution in [0.3, 0.4) is 0 Å². The van der Waals surface area contributed by atoms with Gasteiger partial charge in [0.2, 0.25) is 0 Å². The molecule has 206 valence electrons.